The molecule has 0 radical (unpaired) electrons. The molecule has 0 aliphatic carbocycles. The van der Waals surface area contributed by atoms with Crippen molar-refractivity contribution in [1.29, 1.82) is 0 Å². The minimum atomic E-state index is -3.03. The van der Waals surface area contributed by atoms with Crippen molar-refractivity contribution in [3.63, 3.8) is 0 Å². The van der Waals surface area contributed by atoms with Gasteiger partial charge in [0, 0.05) is 30.1 Å². The number of halogens is 1. The predicted octanol–water partition coefficient (Wildman–Crippen LogP) is 2.74. The molecule has 0 saturated carbocycles. The first kappa shape index (κ1) is 16.9. The average Bonchev–Trinajstić information content (AvgIpc) is 2.46. The summed E-state index contributed by atoms with van der Waals surface area (Å²) in [5.41, 5.74) is 1.24. The molecule has 1 heterocycles. The van der Waals surface area contributed by atoms with Gasteiger partial charge in [-0.1, -0.05) is 35.0 Å². The normalized spacial score (nSPS) is 18.0. The molecule has 0 bridgehead atoms. The summed E-state index contributed by atoms with van der Waals surface area (Å²) in [5, 5.41) is 3.53. The number of nitrogens with zero attached hydrogens (tertiary/aromatic N) is 1. The second-order valence-electron chi connectivity index (χ2n) is 5.50. The lowest BCUT2D eigenvalue weighted by Gasteiger charge is -2.31. The molecular formula is C15H23BrN2O2S. The lowest BCUT2D eigenvalue weighted by atomic mass is 10.1. The van der Waals surface area contributed by atoms with Crippen LogP contribution in [0.1, 0.15) is 31.7 Å². The van der Waals surface area contributed by atoms with Crippen LogP contribution in [0.2, 0.25) is 0 Å². The summed E-state index contributed by atoms with van der Waals surface area (Å²) in [6, 6.07) is 8.64. The van der Waals surface area contributed by atoms with Gasteiger partial charge in [-0.05, 0) is 37.0 Å². The highest BCUT2D eigenvalue weighted by Gasteiger charge is 2.26. The van der Waals surface area contributed by atoms with Crippen molar-refractivity contribution in [2.24, 2.45) is 0 Å². The standard InChI is InChI=1S/C15H23BrN2O2S/c1-2-10-21(19,20)18-8-6-15(7-9-18)17-12-13-4-3-5-14(16)11-13/h3-5,11,15,17H,2,6-10,12H2,1H3. The van der Waals surface area contributed by atoms with E-state index in [2.05, 4.69) is 33.4 Å². The van der Waals surface area contributed by atoms with Crippen molar-refractivity contribution in [2.75, 3.05) is 18.8 Å². The monoisotopic (exact) mass is 374 g/mol. The van der Waals surface area contributed by atoms with Gasteiger partial charge in [0.2, 0.25) is 10.0 Å². The molecule has 0 aromatic heterocycles. The van der Waals surface area contributed by atoms with Gasteiger partial charge in [0.05, 0.1) is 5.75 Å². The van der Waals surface area contributed by atoms with Gasteiger partial charge >= 0.3 is 0 Å². The first-order valence-corrected chi connectivity index (χ1v) is 9.87. The Hall–Kier alpha value is -0.430. The Morgan fingerprint density at radius 3 is 2.67 bits per heavy atom. The number of hydrogen-bond donors (Lipinski definition) is 1. The number of hydrogen-bond acceptors (Lipinski definition) is 3. The van der Waals surface area contributed by atoms with E-state index >= 15 is 0 Å². The largest absolute Gasteiger partial charge is 0.310 e. The third-order valence-electron chi connectivity index (χ3n) is 3.79. The third-order valence-corrected chi connectivity index (χ3v) is 6.36. The second-order valence-corrected chi connectivity index (χ2v) is 8.50. The van der Waals surface area contributed by atoms with E-state index in [9.17, 15) is 8.42 Å². The number of sulfonamides is 1. The minimum Gasteiger partial charge on any atom is -0.310 e. The zero-order valence-electron chi connectivity index (χ0n) is 12.4. The maximum absolute atomic E-state index is 12.0. The molecule has 1 aromatic rings. The fourth-order valence-electron chi connectivity index (χ4n) is 2.63. The molecule has 4 nitrogen and oxygen atoms in total. The van der Waals surface area contributed by atoms with E-state index in [4.69, 9.17) is 0 Å². The molecule has 2 rings (SSSR count). The molecule has 1 aliphatic rings. The molecule has 6 heteroatoms. The number of piperidine rings is 1. The van der Waals surface area contributed by atoms with Crippen LogP contribution in [0, 0.1) is 0 Å². The zero-order chi connectivity index (χ0) is 15.3. The van der Waals surface area contributed by atoms with E-state index in [0.29, 0.717) is 25.6 Å². The van der Waals surface area contributed by atoms with Crippen LogP contribution < -0.4 is 5.32 Å². The van der Waals surface area contributed by atoms with Gasteiger partial charge in [0.1, 0.15) is 0 Å². The van der Waals surface area contributed by atoms with Crippen LogP contribution in [-0.4, -0.2) is 37.6 Å². The van der Waals surface area contributed by atoms with Crippen molar-refractivity contribution in [3.8, 4) is 0 Å². The van der Waals surface area contributed by atoms with Crippen molar-refractivity contribution >= 4 is 26.0 Å². The molecule has 1 N–H and O–H groups in total. The van der Waals surface area contributed by atoms with Crippen LogP contribution in [0.25, 0.3) is 0 Å². The quantitative estimate of drug-likeness (QED) is 0.832. The van der Waals surface area contributed by atoms with E-state index in [0.717, 1.165) is 23.9 Å². The van der Waals surface area contributed by atoms with Crippen molar-refractivity contribution in [2.45, 2.75) is 38.8 Å². The predicted molar refractivity (Wildman–Crippen MR) is 89.7 cm³/mol. The summed E-state index contributed by atoms with van der Waals surface area (Å²) in [4.78, 5) is 0. The first-order valence-electron chi connectivity index (χ1n) is 7.47. The zero-order valence-corrected chi connectivity index (χ0v) is 14.8. The Labute approximate surface area is 136 Å². The van der Waals surface area contributed by atoms with Crippen LogP contribution in [0.4, 0.5) is 0 Å². The van der Waals surface area contributed by atoms with Gasteiger partial charge in [-0.25, -0.2) is 12.7 Å². The molecule has 118 valence electrons. The van der Waals surface area contributed by atoms with Gasteiger partial charge in [-0.3, -0.25) is 0 Å². The molecule has 0 amide bonds. The molecule has 1 fully saturated rings. The molecular weight excluding hydrogens is 352 g/mol. The van der Waals surface area contributed by atoms with Crippen LogP contribution in [0.3, 0.4) is 0 Å². The molecule has 0 atom stereocenters. The van der Waals surface area contributed by atoms with Crippen LogP contribution in [0.5, 0.6) is 0 Å². The van der Waals surface area contributed by atoms with Gasteiger partial charge in [0.25, 0.3) is 0 Å². The summed E-state index contributed by atoms with van der Waals surface area (Å²) >= 11 is 3.47. The highest BCUT2D eigenvalue weighted by atomic mass is 79.9. The molecule has 1 saturated heterocycles. The lowest BCUT2D eigenvalue weighted by Crippen LogP contribution is -2.45. The summed E-state index contributed by atoms with van der Waals surface area (Å²) in [6.45, 7) is 4.01. The van der Waals surface area contributed by atoms with Crippen LogP contribution in [0.15, 0.2) is 28.7 Å². The van der Waals surface area contributed by atoms with Crippen LogP contribution >= 0.6 is 15.9 Å². The summed E-state index contributed by atoms with van der Waals surface area (Å²) in [6.07, 6.45) is 2.46. The smallest absolute Gasteiger partial charge is 0.214 e. The van der Waals surface area contributed by atoms with E-state index in [1.807, 2.05) is 19.1 Å². The maximum Gasteiger partial charge on any atom is 0.214 e. The second kappa shape index (κ2) is 7.72. The van der Waals surface area contributed by atoms with Crippen molar-refractivity contribution in [3.05, 3.63) is 34.3 Å². The summed E-state index contributed by atoms with van der Waals surface area (Å²) in [5.74, 6) is 0.267. The van der Waals surface area contributed by atoms with Crippen molar-refractivity contribution < 1.29 is 8.42 Å². The number of rotatable bonds is 6. The van der Waals surface area contributed by atoms with E-state index in [1.165, 1.54) is 5.56 Å². The first-order chi connectivity index (χ1) is 10.0. The highest BCUT2D eigenvalue weighted by Crippen LogP contribution is 2.16. The summed E-state index contributed by atoms with van der Waals surface area (Å²) in [7, 11) is -3.03. The average molecular weight is 375 g/mol. The SMILES string of the molecule is CCCS(=O)(=O)N1CCC(NCc2cccc(Br)c2)CC1. The van der Waals surface area contributed by atoms with Gasteiger partial charge < -0.3 is 5.32 Å². The topological polar surface area (TPSA) is 49.4 Å². The molecule has 0 spiro atoms. The van der Waals surface area contributed by atoms with Gasteiger partial charge in [0.15, 0.2) is 0 Å². The van der Waals surface area contributed by atoms with Gasteiger partial charge in [-0.15, -0.1) is 0 Å². The van der Waals surface area contributed by atoms with Crippen LogP contribution in [-0.2, 0) is 16.6 Å². The Balaban J connectivity index is 1.79. The number of benzene rings is 1. The lowest BCUT2D eigenvalue weighted by molar-refractivity contribution is 0.288. The maximum atomic E-state index is 12.0. The van der Waals surface area contributed by atoms with E-state index in [1.54, 1.807) is 4.31 Å². The van der Waals surface area contributed by atoms with E-state index in [-0.39, 0.29) is 5.75 Å². The molecule has 21 heavy (non-hydrogen) atoms. The fourth-order valence-corrected chi connectivity index (χ4v) is 4.62. The Kier molecular flexibility index (Phi) is 6.22. The molecule has 0 unspecified atom stereocenters. The highest BCUT2D eigenvalue weighted by molar-refractivity contribution is 9.10. The molecule has 1 aromatic carbocycles. The third kappa shape index (κ3) is 5.06. The Bertz CT molecular complexity index is 555. The number of nitrogens with one attached hydrogen (secondary N) is 1. The summed E-state index contributed by atoms with van der Waals surface area (Å²) < 4.78 is 26.8. The Morgan fingerprint density at radius 2 is 2.05 bits per heavy atom. The minimum absolute atomic E-state index is 0.267. The Morgan fingerprint density at radius 1 is 1.33 bits per heavy atom. The molecule has 1 aliphatic heterocycles. The van der Waals surface area contributed by atoms with Crippen molar-refractivity contribution in [1.82, 2.24) is 9.62 Å². The van der Waals surface area contributed by atoms with Gasteiger partial charge in [-0.2, -0.15) is 0 Å². The van der Waals surface area contributed by atoms with E-state index < -0.39 is 10.0 Å². The fraction of sp³-hybridized carbons (Fsp3) is 0.600.